The maximum absolute atomic E-state index is 13.0. The molecule has 0 radical (unpaired) electrons. The first kappa shape index (κ1) is 17.5. The van der Waals surface area contributed by atoms with E-state index in [0.717, 1.165) is 18.4 Å². The van der Waals surface area contributed by atoms with Gasteiger partial charge in [0.05, 0.1) is 6.04 Å². The SMILES string of the molecule is CC[C@H](Oc1ccc(F)cc1)C(=O)N[C@@H](C)c1ccc2c(c1)CCC2. The molecule has 0 fully saturated rings. The normalized spacial score (nSPS) is 15.3. The van der Waals surface area contributed by atoms with Gasteiger partial charge in [0.2, 0.25) is 0 Å². The summed E-state index contributed by atoms with van der Waals surface area (Å²) in [5.41, 5.74) is 3.94. The first-order chi connectivity index (χ1) is 12.1. The van der Waals surface area contributed by atoms with E-state index in [1.165, 1.54) is 41.8 Å². The Labute approximate surface area is 148 Å². The Morgan fingerprint density at radius 2 is 1.88 bits per heavy atom. The number of nitrogens with one attached hydrogen (secondary N) is 1. The summed E-state index contributed by atoms with van der Waals surface area (Å²) in [5, 5.41) is 3.03. The average molecular weight is 341 g/mol. The van der Waals surface area contributed by atoms with Crippen LogP contribution in [0.3, 0.4) is 0 Å². The van der Waals surface area contributed by atoms with Crippen molar-refractivity contribution in [3.8, 4) is 5.75 Å². The van der Waals surface area contributed by atoms with E-state index in [1.807, 2.05) is 13.8 Å². The van der Waals surface area contributed by atoms with Crippen LogP contribution in [0.2, 0.25) is 0 Å². The molecular formula is C21H24FNO2. The van der Waals surface area contributed by atoms with Gasteiger partial charge in [-0.3, -0.25) is 4.79 Å². The molecule has 25 heavy (non-hydrogen) atoms. The molecule has 2 atom stereocenters. The molecule has 0 aromatic heterocycles. The molecule has 0 bridgehead atoms. The van der Waals surface area contributed by atoms with Gasteiger partial charge in [-0.25, -0.2) is 4.39 Å². The molecule has 0 heterocycles. The molecule has 3 nitrogen and oxygen atoms in total. The van der Waals surface area contributed by atoms with Crippen LogP contribution in [0, 0.1) is 5.82 Å². The fourth-order valence-electron chi connectivity index (χ4n) is 3.25. The van der Waals surface area contributed by atoms with Gasteiger partial charge in [0.25, 0.3) is 5.91 Å². The zero-order valence-electron chi connectivity index (χ0n) is 14.7. The minimum Gasteiger partial charge on any atom is -0.481 e. The van der Waals surface area contributed by atoms with Crippen molar-refractivity contribution < 1.29 is 13.9 Å². The number of rotatable bonds is 6. The molecule has 0 unspecified atom stereocenters. The van der Waals surface area contributed by atoms with Gasteiger partial charge in [0.1, 0.15) is 11.6 Å². The number of aryl methyl sites for hydroxylation is 2. The Hall–Kier alpha value is -2.36. The van der Waals surface area contributed by atoms with Crippen molar-refractivity contribution in [2.75, 3.05) is 0 Å². The maximum atomic E-state index is 13.0. The van der Waals surface area contributed by atoms with Gasteiger partial charge in [-0.15, -0.1) is 0 Å². The van der Waals surface area contributed by atoms with Crippen molar-refractivity contribution in [1.82, 2.24) is 5.32 Å². The number of amides is 1. The highest BCUT2D eigenvalue weighted by Crippen LogP contribution is 2.25. The van der Waals surface area contributed by atoms with Gasteiger partial charge < -0.3 is 10.1 Å². The van der Waals surface area contributed by atoms with Crippen LogP contribution in [-0.4, -0.2) is 12.0 Å². The lowest BCUT2D eigenvalue weighted by Gasteiger charge is -2.21. The maximum Gasteiger partial charge on any atom is 0.261 e. The van der Waals surface area contributed by atoms with Crippen LogP contribution in [0.25, 0.3) is 0 Å². The van der Waals surface area contributed by atoms with Crippen molar-refractivity contribution in [2.45, 2.75) is 51.7 Å². The Balaban J connectivity index is 1.63. The second-order valence-corrected chi connectivity index (χ2v) is 6.58. The molecule has 1 amide bonds. The zero-order chi connectivity index (χ0) is 17.8. The van der Waals surface area contributed by atoms with Crippen LogP contribution in [0.4, 0.5) is 4.39 Å². The molecule has 0 aliphatic heterocycles. The van der Waals surface area contributed by atoms with E-state index < -0.39 is 6.10 Å². The summed E-state index contributed by atoms with van der Waals surface area (Å²) in [6.45, 7) is 3.88. The largest absolute Gasteiger partial charge is 0.481 e. The van der Waals surface area contributed by atoms with Crippen LogP contribution in [0.1, 0.15) is 49.4 Å². The van der Waals surface area contributed by atoms with E-state index in [0.29, 0.717) is 12.2 Å². The minimum absolute atomic E-state index is 0.0794. The fraction of sp³-hybridized carbons (Fsp3) is 0.381. The van der Waals surface area contributed by atoms with Crippen molar-refractivity contribution in [3.05, 3.63) is 65.0 Å². The topological polar surface area (TPSA) is 38.3 Å². The molecule has 132 valence electrons. The van der Waals surface area contributed by atoms with E-state index in [4.69, 9.17) is 4.74 Å². The number of ether oxygens (including phenoxy) is 1. The number of benzene rings is 2. The van der Waals surface area contributed by atoms with E-state index >= 15 is 0 Å². The fourth-order valence-corrected chi connectivity index (χ4v) is 3.25. The summed E-state index contributed by atoms with van der Waals surface area (Å²) in [6, 6.07) is 12.1. The van der Waals surface area contributed by atoms with Crippen molar-refractivity contribution in [1.29, 1.82) is 0 Å². The van der Waals surface area contributed by atoms with Crippen LogP contribution in [0.5, 0.6) is 5.75 Å². The predicted octanol–water partition coefficient (Wildman–Crippen LogP) is 4.35. The minimum atomic E-state index is -0.595. The lowest BCUT2D eigenvalue weighted by Crippen LogP contribution is -2.39. The predicted molar refractivity (Wildman–Crippen MR) is 96.1 cm³/mol. The monoisotopic (exact) mass is 341 g/mol. The molecule has 0 saturated heterocycles. The van der Waals surface area contributed by atoms with Crippen LogP contribution < -0.4 is 10.1 Å². The highest BCUT2D eigenvalue weighted by atomic mass is 19.1. The van der Waals surface area contributed by atoms with Gasteiger partial charge in [0, 0.05) is 0 Å². The number of fused-ring (bicyclic) bond motifs is 1. The quantitative estimate of drug-likeness (QED) is 0.848. The molecule has 1 N–H and O–H groups in total. The third-order valence-corrected chi connectivity index (χ3v) is 4.74. The second kappa shape index (κ2) is 7.68. The van der Waals surface area contributed by atoms with Crippen LogP contribution >= 0.6 is 0 Å². The molecule has 1 aliphatic rings. The Morgan fingerprint density at radius 1 is 1.16 bits per heavy atom. The molecule has 2 aromatic rings. The van der Waals surface area contributed by atoms with E-state index in [2.05, 4.69) is 23.5 Å². The van der Waals surface area contributed by atoms with Gasteiger partial charge in [-0.1, -0.05) is 25.1 Å². The molecule has 0 spiro atoms. The third kappa shape index (κ3) is 4.19. The zero-order valence-corrected chi connectivity index (χ0v) is 14.7. The first-order valence-corrected chi connectivity index (χ1v) is 8.91. The van der Waals surface area contributed by atoms with Crippen LogP contribution in [0.15, 0.2) is 42.5 Å². The summed E-state index contributed by atoms with van der Waals surface area (Å²) in [5.74, 6) is 0.0171. The molecule has 1 aliphatic carbocycles. The van der Waals surface area contributed by atoms with Crippen molar-refractivity contribution in [2.24, 2.45) is 0 Å². The Bertz CT molecular complexity index is 742. The van der Waals surface area contributed by atoms with E-state index in [1.54, 1.807) is 0 Å². The lowest BCUT2D eigenvalue weighted by atomic mass is 10.0. The highest BCUT2D eigenvalue weighted by Gasteiger charge is 2.21. The summed E-state index contributed by atoms with van der Waals surface area (Å²) in [4.78, 5) is 12.6. The van der Waals surface area contributed by atoms with Crippen LogP contribution in [-0.2, 0) is 17.6 Å². The van der Waals surface area contributed by atoms with E-state index in [-0.39, 0.29) is 17.8 Å². The number of carbonyl (C=O) groups excluding carboxylic acids is 1. The average Bonchev–Trinajstić information content (AvgIpc) is 3.08. The van der Waals surface area contributed by atoms with Gasteiger partial charge in [-0.2, -0.15) is 0 Å². The third-order valence-electron chi connectivity index (χ3n) is 4.74. The van der Waals surface area contributed by atoms with Crippen molar-refractivity contribution >= 4 is 5.91 Å². The standard InChI is InChI=1S/C21H24FNO2/c1-3-20(25-19-11-9-18(22)10-12-19)21(24)23-14(2)16-8-7-15-5-4-6-17(15)13-16/h7-14,20H,3-6H2,1-2H3,(H,23,24)/t14-,20-/m0/s1. The smallest absolute Gasteiger partial charge is 0.261 e. The number of hydrogen-bond acceptors (Lipinski definition) is 2. The molecule has 0 saturated carbocycles. The summed E-state index contributed by atoms with van der Waals surface area (Å²) < 4.78 is 18.7. The summed E-state index contributed by atoms with van der Waals surface area (Å²) in [6.07, 6.45) is 3.43. The Morgan fingerprint density at radius 3 is 2.60 bits per heavy atom. The summed E-state index contributed by atoms with van der Waals surface area (Å²) >= 11 is 0. The molecule has 4 heteroatoms. The van der Waals surface area contributed by atoms with Gasteiger partial charge in [0.15, 0.2) is 6.10 Å². The highest BCUT2D eigenvalue weighted by molar-refractivity contribution is 5.81. The second-order valence-electron chi connectivity index (χ2n) is 6.58. The number of hydrogen-bond donors (Lipinski definition) is 1. The molecule has 2 aromatic carbocycles. The summed E-state index contributed by atoms with van der Waals surface area (Å²) in [7, 11) is 0. The molecular weight excluding hydrogens is 317 g/mol. The van der Waals surface area contributed by atoms with Gasteiger partial charge >= 0.3 is 0 Å². The number of carbonyl (C=O) groups is 1. The molecule has 3 rings (SSSR count). The number of halogens is 1. The Kier molecular flexibility index (Phi) is 5.37. The van der Waals surface area contributed by atoms with Gasteiger partial charge in [-0.05, 0) is 73.6 Å². The van der Waals surface area contributed by atoms with Crippen molar-refractivity contribution in [3.63, 3.8) is 0 Å². The lowest BCUT2D eigenvalue weighted by molar-refractivity contribution is -0.128. The first-order valence-electron chi connectivity index (χ1n) is 8.91. The van der Waals surface area contributed by atoms with E-state index in [9.17, 15) is 9.18 Å².